The molecule has 1 aliphatic rings. The molecule has 1 fully saturated rings. The minimum atomic E-state index is -4.63. The third kappa shape index (κ3) is 3.01. The number of hydrogen-bond donors (Lipinski definition) is 3. The molecular weight excluding hydrogens is 483 g/mol. The number of phenols is 1. The van der Waals surface area contributed by atoms with Crippen molar-refractivity contribution in [1.29, 1.82) is 5.26 Å². The highest BCUT2D eigenvalue weighted by Gasteiger charge is 2.54. The summed E-state index contributed by atoms with van der Waals surface area (Å²) in [6.45, 7) is 0. The molecule has 1 heterocycles. The number of hydrogen-bond acceptors (Lipinski definition) is 5. The van der Waals surface area contributed by atoms with Crippen LogP contribution in [0, 0.1) is 11.3 Å². The van der Waals surface area contributed by atoms with Gasteiger partial charge in [-0.2, -0.15) is 23.5 Å². The normalized spacial score (nSPS) is 18.4. The number of nitrogens with zero attached hydrogens (tertiary/aromatic N) is 3. The smallest absolute Gasteiger partial charge is 0.416 e. The molecule has 2 aromatic rings. The van der Waals surface area contributed by atoms with E-state index in [1.807, 2.05) is 6.07 Å². The third-order valence-electron chi connectivity index (χ3n) is 4.14. The standard InChI is InChI=1S/C15H12Br2F3N5O/c1-23-8-2-6(15(18,19)20)3-10(26)12(8)25-13(22)11(9(5-21)24-25)7-4-14(7,16)17/h2-3,7,23,26H,4,22H2,1H3. The fourth-order valence-corrected chi connectivity index (χ4v) is 3.87. The van der Waals surface area contributed by atoms with Gasteiger partial charge in [-0.15, -0.1) is 0 Å². The summed E-state index contributed by atoms with van der Waals surface area (Å²) in [6, 6.07) is 3.38. The maximum Gasteiger partial charge on any atom is 0.416 e. The van der Waals surface area contributed by atoms with Crippen molar-refractivity contribution in [3.63, 3.8) is 0 Å². The Balaban J connectivity index is 2.21. The topological polar surface area (TPSA) is 99.9 Å². The maximum absolute atomic E-state index is 13.0. The van der Waals surface area contributed by atoms with Gasteiger partial charge in [-0.25, -0.2) is 4.68 Å². The fraction of sp³-hybridized carbons (Fsp3) is 0.333. The Morgan fingerprint density at radius 1 is 1.46 bits per heavy atom. The van der Waals surface area contributed by atoms with Gasteiger partial charge in [0.05, 0.1) is 14.5 Å². The summed E-state index contributed by atoms with van der Waals surface area (Å²) in [4.78, 5) is 0. The van der Waals surface area contributed by atoms with E-state index in [0.29, 0.717) is 18.1 Å². The predicted octanol–water partition coefficient (Wildman–Crippen LogP) is 4.07. The molecule has 0 radical (unpaired) electrons. The van der Waals surface area contributed by atoms with Gasteiger partial charge in [-0.3, -0.25) is 0 Å². The van der Waals surface area contributed by atoms with Crippen molar-refractivity contribution in [2.24, 2.45) is 0 Å². The number of nitrogen functional groups attached to an aromatic ring is 1. The minimum absolute atomic E-state index is 0.0256. The molecule has 26 heavy (non-hydrogen) atoms. The number of nitriles is 1. The van der Waals surface area contributed by atoms with Crippen LogP contribution in [0.25, 0.3) is 5.69 Å². The summed E-state index contributed by atoms with van der Waals surface area (Å²) in [5.41, 5.74) is 5.56. The van der Waals surface area contributed by atoms with Crippen molar-refractivity contribution in [3.8, 4) is 17.5 Å². The molecule has 1 aliphatic carbocycles. The molecule has 0 aliphatic heterocycles. The monoisotopic (exact) mass is 493 g/mol. The molecule has 11 heteroatoms. The Morgan fingerprint density at radius 3 is 2.54 bits per heavy atom. The fourth-order valence-electron chi connectivity index (χ4n) is 2.76. The van der Waals surface area contributed by atoms with Gasteiger partial charge in [0, 0.05) is 18.5 Å². The molecule has 1 saturated carbocycles. The maximum atomic E-state index is 13.0. The number of aromatic hydroxyl groups is 1. The van der Waals surface area contributed by atoms with Gasteiger partial charge in [0.2, 0.25) is 0 Å². The Kier molecular flexibility index (Phi) is 4.39. The first-order valence-electron chi connectivity index (χ1n) is 7.30. The number of anilines is 2. The van der Waals surface area contributed by atoms with E-state index in [2.05, 4.69) is 42.3 Å². The second kappa shape index (κ2) is 6.06. The number of phenolic OH excluding ortho intramolecular Hbond substituents is 1. The van der Waals surface area contributed by atoms with Crippen LogP contribution in [0.5, 0.6) is 5.75 Å². The van der Waals surface area contributed by atoms with Crippen LogP contribution in [0.4, 0.5) is 24.7 Å². The van der Waals surface area contributed by atoms with Gasteiger partial charge in [-0.05, 0) is 18.6 Å². The SMILES string of the molecule is CNc1cc(C(F)(F)F)cc(O)c1-n1nc(C#N)c(C2CC2(Br)Br)c1N. The number of nitrogens with two attached hydrogens (primary N) is 1. The zero-order valence-corrected chi connectivity index (χ0v) is 16.4. The van der Waals surface area contributed by atoms with E-state index in [1.54, 1.807) is 0 Å². The second-order valence-electron chi connectivity index (χ2n) is 5.83. The molecule has 0 spiro atoms. The summed E-state index contributed by atoms with van der Waals surface area (Å²) in [6.07, 6.45) is -3.96. The van der Waals surface area contributed by atoms with Crippen LogP contribution in [0.3, 0.4) is 0 Å². The molecule has 138 valence electrons. The lowest BCUT2D eigenvalue weighted by atomic mass is 10.1. The molecule has 1 aromatic carbocycles. The lowest BCUT2D eigenvalue weighted by molar-refractivity contribution is -0.137. The lowest BCUT2D eigenvalue weighted by Crippen LogP contribution is -2.10. The van der Waals surface area contributed by atoms with E-state index in [4.69, 9.17) is 5.73 Å². The molecule has 1 atom stereocenters. The number of aromatic nitrogens is 2. The largest absolute Gasteiger partial charge is 0.506 e. The van der Waals surface area contributed by atoms with E-state index in [-0.39, 0.29) is 28.8 Å². The Labute approximate surface area is 163 Å². The highest BCUT2D eigenvalue weighted by atomic mass is 79.9. The Bertz CT molecular complexity index is 933. The van der Waals surface area contributed by atoms with E-state index >= 15 is 0 Å². The molecule has 6 nitrogen and oxygen atoms in total. The van der Waals surface area contributed by atoms with Crippen LogP contribution in [0.2, 0.25) is 0 Å². The van der Waals surface area contributed by atoms with Gasteiger partial charge in [0.1, 0.15) is 23.3 Å². The first kappa shape index (κ1) is 18.8. The average Bonchev–Trinajstić information content (AvgIpc) is 3.04. The predicted molar refractivity (Wildman–Crippen MR) is 96.8 cm³/mol. The Morgan fingerprint density at radius 2 is 2.08 bits per heavy atom. The van der Waals surface area contributed by atoms with Crippen LogP contribution in [-0.4, -0.2) is 25.2 Å². The Hall–Kier alpha value is -1.93. The first-order chi connectivity index (χ1) is 12.0. The molecule has 0 saturated heterocycles. The van der Waals surface area contributed by atoms with Crippen molar-refractivity contribution in [2.75, 3.05) is 18.1 Å². The van der Waals surface area contributed by atoms with E-state index < -0.39 is 20.7 Å². The van der Waals surface area contributed by atoms with Gasteiger partial charge in [0.25, 0.3) is 0 Å². The highest BCUT2D eigenvalue weighted by Crippen LogP contribution is 2.63. The van der Waals surface area contributed by atoms with Crippen LogP contribution in [-0.2, 0) is 6.18 Å². The van der Waals surface area contributed by atoms with E-state index in [0.717, 1.165) is 10.7 Å². The van der Waals surface area contributed by atoms with Crippen molar-refractivity contribution < 1.29 is 18.3 Å². The van der Waals surface area contributed by atoms with Crippen molar-refractivity contribution in [1.82, 2.24) is 9.78 Å². The van der Waals surface area contributed by atoms with Crippen LogP contribution < -0.4 is 11.1 Å². The quantitative estimate of drug-likeness (QED) is 0.558. The van der Waals surface area contributed by atoms with Crippen molar-refractivity contribution in [2.45, 2.75) is 21.7 Å². The zero-order valence-electron chi connectivity index (χ0n) is 13.2. The number of alkyl halides is 5. The van der Waals surface area contributed by atoms with Gasteiger partial charge >= 0.3 is 6.18 Å². The summed E-state index contributed by atoms with van der Waals surface area (Å²) in [5.74, 6) is -0.700. The highest BCUT2D eigenvalue weighted by molar-refractivity contribution is 9.25. The molecule has 1 unspecified atom stereocenters. The van der Waals surface area contributed by atoms with Gasteiger partial charge in [0.15, 0.2) is 5.69 Å². The van der Waals surface area contributed by atoms with Crippen LogP contribution in [0.15, 0.2) is 12.1 Å². The number of benzene rings is 1. The molecule has 3 rings (SSSR count). The van der Waals surface area contributed by atoms with Gasteiger partial charge in [-0.1, -0.05) is 31.9 Å². The summed E-state index contributed by atoms with van der Waals surface area (Å²) >= 11 is 6.91. The average molecular weight is 495 g/mol. The van der Waals surface area contributed by atoms with Crippen LogP contribution >= 0.6 is 31.9 Å². The number of halogens is 5. The number of rotatable bonds is 3. The second-order valence-corrected chi connectivity index (χ2v) is 9.72. The van der Waals surface area contributed by atoms with Crippen LogP contribution in [0.1, 0.15) is 29.2 Å². The number of nitrogens with one attached hydrogen (secondary N) is 1. The van der Waals surface area contributed by atoms with Crippen molar-refractivity contribution in [3.05, 3.63) is 29.0 Å². The summed E-state index contributed by atoms with van der Waals surface area (Å²) in [5, 5.41) is 26.3. The first-order valence-corrected chi connectivity index (χ1v) is 8.88. The van der Waals surface area contributed by atoms with E-state index in [1.165, 1.54) is 7.05 Å². The summed E-state index contributed by atoms with van der Waals surface area (Å²) < 4.78 is 39.6. The molecule has 1 aromatic heterocycles. The molecule has 0 amide bonds. The van der Waals surface area contributed by atoms with Crippen molar-refractivity contribution >= 4 is 43.4 Å². The lowest BCUT2D eigenvalue weighted by Gasteiger charge is -2.16. The molecular formula is C15H12Br2F3N5O. The van der Waals surface area contributed by atoms with E-state index in [9.17, 15) is 23.5 Å². The zero-order chi connectivity index (χ0) is 19.4. The van der Waals surface area contributed by atoms with Gasteiger partial charge < -0.3 is 16.2 Å². The molecule has 4 N–H and O–H groups in total. The molecule has 0 bridgehead atoms. The minimum Gasteiger partial charge on any atom is -0.506 e. The summed E-state index contributed by atoms with van der Waals surface area (Å²) in [7, 11) is 1.41. The third-order valence-corrected chi connectivity index (χ3v) is 5.89.